The van der Waals surface area contributed by atoms with E-state index in [9.17, 15) is 19.7 Å². The van der Waals surface area contributed by atoms with Crippen LogP contribution in [0.4, 0.5) is 5.69 Å². The summed E-state index contributed by atoms with van der Waals surface area (Å²) in [5.41, 5.74) is 2.76. The largest absolute Gasteiger partial charge is 0.493 e. The van der Waals surface area contributed by atoms with E-state index in [0.717, 1.165) is 5.56 Å². The van der Waals surface area contributed by atoms with E-state index >= 15 is 0 Å². The van der Waals surface area contributed by atoms with Gasteiger partial charge < -0.3 is 19.5 Å². The number of non-ortho nitro benzene ring substituents is 1. The Hall–Kier alpha value is -3.85. The molecule has 9 nitrogen and oxygen atoms in total. The first-order chi connectivity index (χ1) is 17.7. The van der Waals surface area contributed by atoms with Crippen LogP contribution in [-0.4, -0.2) is 37.5 Å². The number of allylic oxidation sites excluding steroid dienone is 3. The number of hydrogen-bond acceptors (Lipinski definition) is 8. The van der Waals surface area contributed by atoms with Crippen molar-refractivity contribution in [2.75, 3.05) is 20.8 Å². The van der Waals surface area contributed by atoms with Crippen LogP contribution in [0.3, 0.4) is 0 Å². The summed E-state index contributed by atoms with van der Waals surface area (Å²) in [5.74, 6) is -0.705. The van der Waals surface area contributed by atoms with Crippen molar-refractivity contribution >= 4 is 29.0 Å². The Labute approximate surface area is 219 Å². The summed E-state index contributed by atoms with van der Waals surface area (Å²) >= 11 is 6.52. The molecule has 37 heavy (non-hydrogen) atoms. The maximum atomic E-state index is 13.7. The number of ketones is 1. The molecule has 0 radical (unpaired) electrons. The molecule has 0 fully saturated rings. The Morgan fingerprint density at radius 2 is 1.86 bits per heavy atom. The molecular weight excluding hydrogens is 500 g/mol. The first-order valence-corrected chi connectivity index (χ1v) is 12.1. The van der Waals surface area contributed by atoms with Crippen molar-refractivity contribution in [2.24, 2.45) is 0 Å². The van der Waals surface area contributed by atoms with Gasteiger partial charge in [0.15, 0.2) is 17.3 Å². The van der Waals surface area contributed by atoms with E-state index in [0.29, 0.717) is 40.5 Å². The molecule has 0 amide bonds. The van der Waals surface area contributed by atoms with Gasteiger partial charge in [-0.3, -0.25) is 14.9 Å². The standard InChI is InChI=1S/C27H27ClN2O7/c1-5-37-27(32)24-14(2)29-20-10-16(15-6-9-22(35-3)23(12-15)36-4)11-21(31)26(20)25(24)18-13-17(30(33)34)7-8-19(18)28/h6-9,12-13,16,25,29H,5,10-11H2,1-4H3. The van der Waals surface area contributed by atoms with Gasteiger partial charge in [-0.05, 0) is 55.5 Å². The first-order valence-electron chi connectivity index (χ1n) is 11.8. The number of nitro benzene ring substituents is 1. The lowest BCUT2D eigenvalue weighted by Gasteiger charge is -2.37. The summed E-state index contributed by atoms with van der Waals surface area (Å²) < 4.78 is 16.1. The smallest absolute Gasteiger partial charge is 0.336 e. The van der Waals surface area contributed by atoms with Crippen molar-refractivity contribution in [3.63, 3.8) is 0 Å². The Balaban J connectivity index is 1.84. The Morgan fingerprint density at radius 1 is 1.14 bits per heavy atom. The molecule has 1 N–H and O–H groups in total. The Morgan fingerprint density at radius 3 is 2.51 bits per heavy atom. The summed E-state index contributed by atoms with van der Waals surface area (Å²) in [5, 5.41) is 15.0. The number of ether oxygens (including phenoxy) is 3. The predicted molar refractivity (Wildman–Crippen MR) is 137 cm³/mol. The van der Waals surface area contributed by atoms with Crippen molar-refractivity contribution in [3.05, 3.63) is 85.2 Å². The monoisotopic (exact) mass is 526 g/mol. The summed E-state index contributed by atoms with van der Waals surface area (Å²) in [6.07, 6.45) is 0.654. The lowest BCUT2D eigenvalue weighted by molar-refractivity contribution is -0.384. The van der Waals surface area contributed by atoms with Crippen molar-refractivity contribution in [1.29, 1.82) is 0 Å². The van der Waals surface area contributed by atoms with Crippen LogP contribution in [0.2, 0.25) is 5.02 Å². The second-order valence-corrected chi connectivity index (χ2v) is 9.22. The lowest BCUT2D eigenvalue weighted by atomic mass is 9.71. The maximum Gasteiger partial charge on any atom is 0.336 e. The number of hydrogen-bond donors (Lipinski definition) is 1. The normalized spacial score (nSPS) is 19.2. The predicted octanol–water partition coefficient (Wildman–Crippen LogP) is 5.19. The average molecular weight is 527 g/mol. The van der Waals surface area contributed by atoms with Gasteiger partial charge in [0.2, 0.25) is 0 Å². The fourth-order valence-corrected chi connectivity index (χ4v) is 5.26. The number of Topliss-reactive ketones (excluding diaryl/α,β-unsaturated/α-hetero) is 1. The highest BCUT2D eigenvalue weighted by molar-refractivity contribution is 6.31. The SMILES string of the molecule is CCOC(=O)C1=C(C)NC2=C(C(=O)CC(c3ccc(OC)c(OC)c3)C2)C1c1cc([N+](=O)[O-])ccc1Cl. The van der Waals surface area contributed by atoms with Gasteiger partial charge >= 0.3 is 5.97 Å². The number of nitro groups is 1. The molecule has 10 heteroatoms. The van der Waals surface area contributed by atoms with Crippen LogP contribution in [0.25, 0.3) is 0 Å². The maximum absolute atomic E-state index is 13.7. The minimum absolute atomic E-state index is 0.131. The number of esters is 1. The van der Waals surface area contributed by atoms with Gasteiger partial charge in [-0.25, -0.2) is 4.79 Å². The van der Waals surface area contributed by atoms with Gasteiger partial charge in [-0.1, -0.05) is 17.7 Å². The molecular formula is C27H27ClN2O7. The Bertz CT molecular complexity index is 1350. The van der Waals surface area contributed by atoms with E-state index in [1.807, 2.05) is 12.1 Å². The third kappa shape index (κ3) is 4.91. The highest BCUT2D eigenvalue weighted by Gasteiger charge is 2.42. The molecule has 0 saturated heterocycles. The minimum Gasteiger partial charge on any atom is -0.493 e. The molecule has 0 spiro atoms. The molecule has 2 aromatic carbocycles. The number of dihydropyridines is 1. The van der Waals surface area contributed by atoms with Crippen LogP contribution >= 0.6 is 11.6 Å². The first kappa shape index (κ1) is 26.2. The third-order valence-corrected chi connectivity index (χ3v) is 7.05. The fraction of sp³-hybridized carbons (Fsp3) is 0.333. The van der Waals surface area contributed by atoms with Gasteiger partial charge in [-0.15, -0.1) is 0 Å². The molecule has 1 heterocycles. The van der Waals surface area contributed by atoms with E-state index < -0.39 is 16.8 Å². The molecule has 0 bridgehead atoms. The molecule has 2 atom stereocenters. The van der Waals surface area contributed by atoms with E-state index in [-0.39, 0.29) is 41.0 Å². The van der Waals surface area contributed by atoms with Gasteiger partial charge in [0.25, 0.3) is 5.69 Å². The van der Waals surface area contributed by atoms with E-state index in [1.54, 1.807) is 34.1 Å². The molecule has 2 aliphatic rings. The van der Waals surface area contributed by atoms with Crippen LogP contribution in [0.1, 0.15) is 49.7 Å². The number of methoxy groups -OCH3 is 2. The molecule has 1 aliphatic heterocycles. The van der Waals surface area contributed by atoms with Crippen LogP contribution in [0.15, 0.2) is 58.9 Å². The number of carbonyl (C=O) groups is 2. The van der Waals surface area contributed by atoms with Crippen molar-refractivity contribution in [2.45, 2.75) is 38.5 Å². The van der Waals surface area contributed by atoms with Gasteiger partial charge in [0.05, 0.1) is 31.3 Å². The number of rotatable bonds is 7. The fourth-order valence-electron chi connectivity index (χ4n) is 5.04. The highest BCUT2D eigenvalue weighted by Crippen LogP contribution is 2.48. The van der Waals surface area contributed by atoms with E-state index in [2.05, 4.69) is 5.32 Å². The molecule has 1 aliphatic carbocycles. The number of nitrogens with zero attached hydrogens (tertiary/aromatic N) is 1. The number of nitrogens with one attached hydrogen (secondary N) is 1. The summed E-state index contributed by atoms with van der Waals surface area (Å²) in [4.78, 5) is 37.8. The van der Waals surface area contributed by atoms with Gasteiger partial charge in [0, 0.05) is 46.5 Å². The summed E-state index contributed by atoms with van der Waals surface area (Å²) in [7, 11) is 3.11. The van der Waals surface area contributed by atoms with Crippen molar-refractivity contribution < 1.29 is 28.7 Å². The molecule has 2 unspecified atom stereocenters. The molecule has 194 valence electrons. The average Bonchev–Trinajstić information content (AvgIpc) is 2.87. The second-order valence-electron chi connectivity index (χ2n) is 8.82. The molecule has 0 saturated carbocycles. The van der Waals surface area contributed by atoms with Crippen LogP contribution in [0, 0.1) is 10.1 Å². The third-order valence-electron chi connectivity index (χ3n) is 6.70. The lowest BCUT2D eigenvalue weighted by Crippen LogP contribution is -2.36. The van der Waals surface area contributed by atoms with Crippen LogP contribution in [-0.2, 0) is 14.3 Å². The van der Waals surface area contributed by atoms with E-state index in [1.165, 1.54) is 18.2 Å². The van der Waals surface area contributed by atoms with Gasteiger partial charge in [-0.2, -0.15) is 0 Å². The van der Waals surface area contributed by atoms with Crippen LogP contribution in [0.5, 0.6) is 11.5 Å². The van der Waals surface area contributed by atoms with Crippen LogP contribution < -0.4 is 14.8 Å². The quantitative estimate of drug-likeness (QED) is 0.297. The Kier molecular flexibility index (Phi) is 7.54. The zero-order chi connectivity index (χ0) is 26.9. The van der Waals surface area contributed by atoms with Crippen molar-refractivity contribution in [3.8, 4) is 11.5 Å². The van der Waals surface area contributed by atoms with Crippen molar-refractivity contribution in [1.82, 2.24) is 5.32 Å². The summed E-state index contributed by atoms with van der Waals surface area (Å²) in [6, 6.07) is 9.57. The zero-order valence-electron chi connectivity index (χ0n) is 20.9. The van der Waals surface area contributed by atoms with Gasteiger partial charge in [0.1, 0.15) is 0 Å². The molecule has 2 aromatic rings. The van der Waals surface area contributed by atoms with E-state index in [4.69, 9.17) is 25.8 Å². The topological polar surface area (TPSA) is 117 Å². The molecule has 4 rings (SSSR count). The number of carbonyl (C=O) groups excluding carboxylic acids is 2. The zero-order valence-corrected chi connectivity index (χ0v) is 21.7. The minimum atomic E-state index is -0.901. The number of halogens is 1. The highest BCUT2D eigenvalue weighted by atomic mass is 35.5. The summed E-state index contributed by atoms with van der Waals surface area (Å²) in [6.45, 7) is 3.54. The second kappa shape index (κ2) is 10.6. The number of benzene rings is 2. The molecule has 0 aromatic heterocycles.